The predicted octanol–water partition coefficient (Wildman–Crippen LogP) is 7.41. The summed E-state index contributed by atoms with van der Waals surface area (Å²) in [4.78, 5) is 33.2. The van der Waals surface area contributed by atoms with Crippen molar-refractivity contribution in [3.8, 4) is 11.4 Å². The number of piperidine rings is 1. The highest BCUT2D eigenvalue weighted by Crippen LogP contribution is 2.27. The fourth-order valence-electron chi connectivity index (χ4n) is 5.43. The van der Waals surface area contributed by atoms with Crippen molar-refractivity contribution in [1.29, 1.82) is 0 Å². The zero-order valence-corrected chi connectivity index (χ0v) is 26.1. The average molecular weight is 579 g/mol. The van der Waals surface area contributed by atoms with Crippen molar-refractivity contribution < 1.29 is 14.1 Å². The van der Waals surface area contributed by atoms with E-state index in [2.05, 4.69) is 74.0 Å². The zero-order chi connectivity index (χ0) is 30.8. The first kappa shape index (κ1) is 30.4. The van der Waals surface area contributed by atoms with Crippen molar-refractivity contribution in [2.24, 2.45) is 5.92 Å². The number of aromatic nitrogens is 2. The topological polar surface area (TPSA) is 88.3 Å². The van der Waals surface area contributed by atoms with Crippen LogP contribution in [0.1, 0.15) is 87.3 Å². The molecule has 0 spiro atoms. The molecule has 1 fully saturated rings. The third kappa shape index (κ3) is 7.46. The van der Waals surface area contributed by atoms with Crippen LogP contribution >= 0.6 is 0 Å². The lowest BCUT2D eigenvalue weighted by Crippen LogP contribution is -2.40. The maximum Gasteiger partial charge on any atom is 0.241 e. The van der Waals surface area contributed by atoms with Crippen LogP contribution in [0, 0.1) is 5.92 Å². The zero-order valence-electron chi connectivity index (χ0n) is 26.1. The van der Waals surface area contributed by atoms with E-state index in [1.807, 2.05) is 48.5 Å². The fourth-order valence-corrected chi connectivity index (χ4v) is 5.43. The Kier molecular flexibility index (Phi) is 8.65. The first-order valence-electron chi connectivity index (χ1n) is 15.1. The Labute approximate surface area is 254 Å². The van der Waals surface area contributed by atoms with Crippen LogP contribution in [0.5, 0.6) is 0 Å². The molecule has 43 heavy (non-hydrogen) atoms. The van der Waals surface area contributed by atoms with Crippen molar-refractivity contribution in [3.63, 3.8) is 0 Å². The first-order chi connectivity index (χ1) is 20.4. The first-order valence-corrected chi connectivity index (χ1v) is 15.1. The number of benzene rings is 3. The standard InChI is InChI=1S/C36H42N4O3/c1-35(2,3)28-16-12-24(13-17-28)32(41)26-9-7-11-30(21-26)37-34(42)27-10-8-20-40(22-27)23-31-38-33(39-43-31)25-14-18-29(19-15-25)36(4,5)6/h7,9,11-19,21,27H,8,10,20,22-23H2,1-6H3,(H,37,42). The van der Waals surface area contributed by atoms with Crippen LogP contribution in [-0.4, -0.2) is 39.8 Å². The number of rotatable bonds is 7. The quantitative estimate of drug-likeness (QED) is 0.230. The van der Waals surface area contributed by atoms with Gasteiger partial charge in [0.15, 0.2) is 5.78 Å². The fraction of sp³-hybridized carbons (Fsp3) is 0.389. The number of anilines is 1. The Balaban J connectivity index is 1.18. The van der Waals surface area contributed by atoms with Crippen LogP contribution in [0.15, 0.2) is 77.3 Å². The number of likely N-dealkylation sites (tertiary alicyclic amines) is 1. The number of hydrogen-bond acceptors (Lipinski definition) is 6. The van der Waals surface area contributed by atoms with Gasteiger partial charge in [-0.3, -0.25) is 14.5 Å². The second kappa shape index (κ2) is 12.3. The molecule has 1 saturated heterocycles. The van der Waals surface area contributed by atoms with Crippen molar-refractivity contribution in [1.82, 2.24) is 15.0 Å². The number of nitrogens with zero attached hydrogens (tertiary/aromatic N) is 3. The van der Waals surface area contributed by atoms with Crippen LogP contribution in [0.2, 0.25) is 0 Å². The van der Waals surface area contributed by atoms with Gasteiger partial charge in [0, 0.05) is 28.9 Å². The van der Waals surface area contributed by atoms with Gasteiger partial charge in [0.25, 0.3) is 0 Å². The lowest BCUT2D eigenvalue weighted by molar-refractivity contribution is -0.121. The smallest absolute Gasteiger partial charge is 0.241 e. The molecule has 1 aliphatic heterocycles. The molecule has 1 aromatic heterocycles. The molecule has 1 atom stereocenters. The molecule has 5 rings (SSSR count). The number of hydrogen-bond donors (Lipinski definition) is 1. The normalized spacial score (nSPS) is 16.2. The molecule has 1 aliphatic rings. The lowest BCUT2D eigenvalue weighted by atomic mass is 9.86. The molecular weight excluding hydrogens is 536 g/mol. The van der Waals surface area contributed by atoms with Gasteiger partial charge in [-0.25, -0.2) is 0 Å². The van der Waals surface area contributed by atoms with Gasteiger partial charge in [0.05, 0.1) is 12.5 Å². The van der Waals surface area contributed by atoms with Crippen LogP contribution < -0.4 is 5.32 Å². The number of ketones is 1. The van der Waals surface area contributed by atoms with Gasteiger partial charge in [-0.05, 0) is 53.5 Å². The number of carbonyl (C=O) groups is 2. The molecule has 7 nitrogen and oxygen atoms in total. The summed E-state index contributed by atoms with van der Waals surface area (Å²) in [5.74, 6) is 0.822. The summed E-state index contributed by atoms with van der Waals surface area (Å²) in [7, 11) is 0. The lowest BCUT2D eigenvalue weighted by Gasteiger charge is -2.30. The second-order valence-corrected chi connectivity index (χ2v) is 13.6. The molecule has 1 amide bonds. The minimum atomic E-state index is -0.176. The van der Waals surface area contributed by atoms with Gasteiger partial charge in [-0.15, -0.1) is 0 Å². The molecule has 0 bridgehead atoms. The molecule has 0 saturated carbocycles. The van der Waals surface area contributed by atoms with E-state index in [0.29, 0.717) is 41.6 Å². The van der Waals surface area contributed by atoms with E-state index in [4.69, 9.17) is 4.52 Å². The number of nitrogens with one attached hydrogen (secondary N) is 1. The molecule has 0 aliphatic carbocycles. The van der Waals surface area contributed by atoms with E-state index in [1.54, 1.807) is 12.1 Å². The Morgan fingerprint density at radius 1 is 0.884 bits per heavy atom. The highest BCUT2D eigenvalue weighted by molar-refractivity contribution is 6.09. The predicted molar refractivity (Wildman–Crippen MR) is 170 cm³/mol. The molecule has 7 heteroatoms. The number of carbonyl (C=O) groups excluding carboxylic acids is 2. The van der Waals surface area contributed by atoms with Crippen molar-refractivity contribution in [3.05, 3.63) is 101 Å². The highest BCUT2D eigenvalue weighted by Gasteiger charge is 2.27. The maximum absolute atomic E-state index is 13.3. The Hall–Kier alpha value is -4.10. The van der Waals surface area contributed by atoms with E-state index in [0.717, 1.165) is 24.9 Å². The Bertz CT molecular complexity index is 1570. The summed E-state index contributed by atoms with van der Waals surface area (Å²) in [6.45, 7) is 15.0. The van der Waals surface area contributed by atoms with Crippen molar-refractivity contribution in [2.45, 2.75) is 71.8 Å². The molecular formula is C36H42N4O3. The van der Waals surface area contributed by atoms with E-state index < -0.39 is 0 Å². The molecule has 1 unspecified atom stereocenters. The summed E-state index contributed by atoms with van der Waals surface area (Å²) in [5, 5.41) is 7.24. The third-order valence-electron chi connectivity index (χ3n) is 8.12. The van der Waals surface area contributed by atoms with Crippen LogP contribution in [0.3, 0.4) is 0 Å². The van der Waals surface area contributed by atoms with Gasteiger partial charge in [0.1, 0.15) is 0 Å². The third-order valence-corrected chi connectivity index (χ3v) is 8.12. The molecule has 3 aromatic carbocycles. The van der Waals surface area contributed by atoms with Gasteiger partial charge < -0.3 is 9.84 Å². The largest absolute Gasteiger partial charge is 0.338 e. The van der Waals surface area contributed by atoms with E-state index in [9.17, 15) is 9.59 Å². The summed E-state index contributed by atoms with van der Waals surface area (Å²) >= 11 is 0. The molecule has 1 N–H and O–H groups in total. The highest BCUT2D eigenvalue weighted by atomic mass is 16.5. The van der Waals surface area contributed by atoms with E-state index in [-0.39, 0.29) is 28.4 Å². The van der Waals surface area contributed by atoms with Crippen molar-refractivity contribution >= 4 is 17.4 Å². The summed E-state index contributed by atoms with van der Waals surface area (Å²) in [6, 6.07) is 23.2. The molecule has 224 valence electrons. The summed E-state index contributed by atoms with van der Waals surface area (Å²) in [6.07, 6.45) is 1.70. The monoisotopic (exact) mass is 578 g/mol. The SMILES string of the molecule is CC(C)(C)c1ccc(C(=O)c2cccc(NC(=O)C3CCCN(Cc4nc(-c5ccc(C(C)(C)C)cc5)no4)C3)c2)cc1. The van der Waals surface area contributed by atoms with Gasteiger partial charge in [-0.1, -0.05) is 107 Å². The Morgan fingerprint density at radius 3 is 2.19 bits per heavy atom. The maximum atomic E-state index is 13.3. The minimum absolute atomic E-state index is 0.0215. The summed E-state index contributed by atoms with van der Waals surface area (Å²) < 4.78 is 5.57. The van der Waals surface area contributed by atoms with E-state index in [1.165, 1.54) is 11.1 Å². The van der Waals surface area contributed by atoms with Crippen molar-refractivity contribution in [2.75, 3.05) is 18.4 Å². The minimum Gasteiger partial charge on any atom is -0.338 e. The second-order valence-electron chi connectivity index (χ2n) is 13.6. The molecule has 2 heterocycles. The van der Waals surface area contributed by atoms with Gasteiger partial charge >= 0.3 is 0 Å². The van der Waals surface area contributed by atoms with Gasteiger partial charge in [-0.2, -0.15) is 4.98 Å². The molecule has 4 aromatic rings. The molecule has 0 radical (unpaired) electrons. The van der Waals surface area contributed by atoms with Crippen LogP contribution in [0.4, 0.5) is 5.69 Å². The Morgan fingerprint density at radius 2 is 1.53 bits per heavy atom. The van der Waals surface area contributed by atoms with Crippen LogP contribution in [0.25, 0.3) is 11.4 Å². The summed E-state index contributed by atoms with van der Waals surface area (Å²) in [5.41, 5.74) is 5.25. The van der Waals surface area contributed by atoms with Gasteiger partial charge in [0.2, 0.25) is 17.6 Å². The van der Waals surface area contributed by atoms with Crippen LogP contribution in [-0.2, 0) is 22.2 Å². The van der Waals surface area contributed by atoms with E-state index >= 15 is 0 Å². The average Bonchev–Trinajstić information content (AvgIpc) is 3.45. The number of amides is 1.